The first-order valence-corrected chi connectivity index (χ1v) is 8.73. The highest BCUT2D eigenvalue weighted by Crippen LogP contribution is 2.41. The Kier molecular flexibility index (Phi) is 8.44. The number of hydrogen-bond donors (Lipinski definition) is 4. The van der Waals surface area contributed by atoms with Gasteiger partial charge in [-0.15, -0.1) is 0 Å². The van der Waals surface area contributed by atoms with Crippen molar-refractivity contribution >= 4 is 17.9 Å². The first-order chi connectivity index (χ1) is 12.5. The lowest BCUT2D eigenvalue weighted by Gasteiger charge is -2.28. The lowest BCUT2D eigenvalue weighted by Crippen LogP contribution is -2.19. The quantitative estimate of drug-likeness (QED) is 0.570. The number of rotatable bonds is 4. The number of carboxylic acid groups (broad SMARTS) is 3. The molecule has 0 aliphatic heterocycles. The van der Waals surface area contributed by atoms with Crippen LogP contribution in [-0.2, 0) is 25.2 Å². The molecule has 1 atom stereocenters. The van der Waals surface area contributed by atoms with Gasteiger partial charge in [-0.2, -0.15) is 0 Å². The third-order valence-corrected chi connectivity index (χ3v) is 3.99. The molecule has 0 heterocycles. The molecular formula is C21H30O7. The molecule has 0 saturated carbocycles. The molecule has 0 radical (unpaired) electrons. The molecule has 0 spiro atoms. The highest BCUT2D eigenvalue weighted by atomic mass is 16.4. The molecule has 0 saturated heterocycles. The Morgan fingerprint density at radius 3 is 1.36 bits per heavy atom. The highest BCUT2D eigenvalue weighted by Gasteiger charge is 2.28. The zero-order valence-corrected chi connectivity index (χ0v) is 17.4. The molecule has 0 aliphatic rings. The van der Waals surface area contributed by atoms with Crippen LogP contribution in [0.3, 0.4) is 0 Å². The molecule has 1 aromatic carbocycles. The molecule has 0 aliphatic carbocycles. The van der Waals surface area contributed by atoms with Gasteiger partial charge in [-0.1, -0.05) is 53.7 Å². The van der Waals surface area contributed by atoms with Gasteiger partial charge in [-0.3, -0.25) is 4.79 Å². The van der Waals surface area contributed by atoms with Crippen molar-refractivity contribution in [1.82, 2.24) is 0 Å². The van der Waals surface area contributed by atoms with Crippen LogP contribution in [0.15, 0.2) is 24.3 Å². The van der Waals surface area contributed by atoms with Gasteiger partial charge in [0.15, 0.2) is 0 Å². The van der Waals surface area contributed by atoms with Crippen LogP contribution in [0.4, 0.5) is 0 Å². The average Bonchev–Trinajstić information content (AvgIpc) is 2.50. The van der Waals surface area contributed by atoms with Gasteiger partial charge in [0.1, 0.15) is 5.75 Å². The number of benzene rings is 1. The molecule has 156 valence electrons. The first kappa shape index (κ1) is 25.2. The van der Waals surface area contributed by atoms with Gasteiger partial charge in [-0.25, -0.2) is 9.59 Å². The Bertz CT molecular complexity index is 711. The molecule has 0 amide bonds. The van der Waals surface area contributed by atoms with E-state index in [4.69, 9.17) is 10.2 Å². The fraction of sp³-hybridized carbons (Fsp3) is 0.476. The van der Waals surface area contributed by atoms with Crippen LogP contribution in [0.25, 0.3) is 0 Å². The van der Waals surface area contributed by atoms with Crippen molar-refractivity contribution in [3.8, 4) is 5.75 Å². The van der Waals surface area contributed by atoms with Crippen LogP contribution in [0.2, 0.25) is 0 Å². The van der Waals surface area contributed by atoms with E-state index in [0.29, 0.717) is 12.2 Å². The number of hydrogen-bond acceptors (Lipinski definition) is 4. The number of phenols is 1. The van der Waals surface area contributed by atoms with E-state index in [-0.39, 0.29) is 16.6 Å². The summed E-state index contributed by atoms with van der Waals surface area (Å²) >= 11 is 0. The fourth-order valence-electron chi connectivity index (χ4n) is 2.34. The Balaban J connectivity index is 0.000000769. The van der Waals surface area contributed by atoms with E-state index >= 15 is 0 Å². The summed E-state index contributed by atoms with van der Waals surface area (Å²) < 4.78 is 0. The third-order valence-electron chi connectivity index (χ3n) is 3.99. The summed E-state index contributed by atoms with van der Waals surface area (Å²) in [6.45, 7) is 13.8. The Labute approximate surface area is 165 Å². The second-order valence-corrected chi connectivity index (χ2v) is 8.53. The summed E-state index contributed by atoms with van der Waals surface area (Å²) in [6, 6.07) is 3.65. The molecule has 0 fully saturated rings. The van der Waals surface area contributed by atoms with Crippen LogP contribution in [0, 0.1) is 0 Å². The fourth-order valence-corrected chi connectivity index (χ4v) is 2.34. The summed E-state index contributed by atoms with van der Waals surface area (Å²) in [6.07, 6.45) is 1.12. The van der Waals surface area contributed by atoms with Crippen molar-refractivity contribution in [2.75, 3.05) is 0 Å². The predicted octanol–water partition coefficient (Wildman–Crippen LogP) is 3.89. The van der Waals surface area contributed by atoms with E-state index in [2.05, 4.69) is 0 Å². The monoisotopic (exact) mass is 394 g/mol. The van der Waals surface area contributed by atoms with E-state index in [1.165, 1.54) is 0 Å². The molecule has 0 aromatic heterocycles. The van der Waals surface area contributed by atoms with Crippen molar-refractivity contribution in [3.63, 3.8) is 0 Å². The molecule has 7 nitrogen and oxygen atoms in total. The Morgan fingerprint density at radius 1 is 0.821 bits per heavy atom. The normalized spacial score (nSPS) is 12.8. The number of carbonyl (C=O) groups is 3. The zero-order valence-electron chi connectivity index (χ0n) is 17.4. The SMILES string of the molecule is CC(C(=O)O)c1cc(C(C)(C)C)c(O)c(C(C)(C)C)c1.O=C(O)/C=C\C(=O)O. The summed E-state index contributed by atoms with van der Waals surface area (Å²) in [7, 11) is 0. The van der Waals surface area contributed by atoms with E-state index < -0.39 is 23.8 Å². The maximum atomic E-state index is 11.2. The van der Waals surface area contributed by atoms with Crippen molar-refractivity contribution in [2.24, 2.45) is 0 Å². The minimum Gasteiger partial charge on any atom is -0.507 e. The van der Waals surface area contributed by atoms with Crippen molar-refractivity contribution in [2.45, 2.75) is 65.2 Å². The molecule has 1 unspecified atom stereocenters. The lowest BCUT2D eigenvalue weighted by atomic mass is 9.77. The van der Waals surface area contributed by atoms with Crippen LogP contribution in [-0.4, -0.2) is 38.3 Å². The topological polar surface area (TPSA) is 132 Å². The van der Waals surface area contributed by atoms with Gasteiger partial charge < -0.3 is 20.4 Å². The predicted molar refractivity (Wildman–Crippen MR) is 106 cm³/mol. The minimum absolute atomic E-state index is 0.238. The molecule has 1 rings (SSSR count). The summed E-state index contributed by atoms with van der Waals surface area (Å²) in [4.78, 5) is 30.4. The van der Waals surface area contributed by atoms with Crippen LogP contribution in [0.1, 0.15) is 71.1 Å². The lowest BCUT2D eigenvalue weighted by molar-refractivity contribution is -0.138. The van der Waals surface area contributed by atoms with Crippen LogP contribution in [0.5, 0.6) is 5.75 Å². The number of phenolic OH excluding ortho intramolecular Hbond substituents is 1. The molecule has 1 aromatic rings. The maximum Gasteiger partial charge on any atom is 0.328 e. The van der Waals surface area contributed by atoms with Crippen molar-refractivity contribution < 1.29 is 34.8 Å². The number of aliphatic carboxylic acids is 3. The van der Waals surface area contributed by atoms with Crippen molar-refractivity contribution in [1.29, 1.82) is 0 Å². The second kappa shape index (κ2) is 9.39. The summed E-state index contributed by atoms with van der Waals surface area (Å²) in [5, 5.41) is 35.4. The van der Waals surface area contributed by atoms with Gasteiger partial charge in [0.25, 0.3) is 0 Å². The van der Waals surface area contributed by atoms with Gasteiger partial charge >= 0.3 is 17.9 Å². The summed E-state index contributed by atoms with van der Waals surface area (Å²) in [5.41, 5.74) is 1.86. The summed E-state index contributed by atoms with van der Waals surface area (Å²) in [5.74, 6) is -3.67. The minimum atomic E-state index is -1.26. The smallest absolute Gasteiger partial charge is 0.328 e. The van der Waals surface area contributed by atoms with Gasteiger partial charge in [-0.05, 0) is 34.4 Å². The Hall–Kier alpha value is -2.83. The van der Waals surface area contributed by atoms with Crippen molar-refractivity contribution in [3.05, 3.63) is 41.0 Å². The highest BCUT2D eigenvalue weighted by molar-refractivity contribution is 5.89. The standard InChI is InChI=1S/C17H26O3.C4H4O4/c1-10(15(19)20)11-8-12(16(2,3)4)14(18)13(9-11)17(5,6)7;5-3(6)1-2-4(7)8/h8-10,18H,1-7H3,(H,19,20);1-2H,(H,5,6)(H,7,8)/b;2-1-. The second-order valence-electron chi connectivity index (χ2n) is 8.53. The van der Waals surface area contributed by atoms with E-state index in [0.717, 1.165) is 16.7 Å². The van der Waals surface area contributed by atoms with Crippen LogP contribution >= 0.6 is 0 Å². The van der Waals surface area contributed by atoms with E-state index in [9.17, 15) is 24.6 Å². The average molecular weight is 394 g/mol. The van der Waals surface area contributed by atoms with E-state index in [1.54, 1.807) is 6.92 Å². The van der Waals surface area contributed by atoms with E-state index in [1.807, 2.05) is 53.7 Å². The van der Waals surface area contributed by atoms with Gasteiger partial charge in [0.2, 0.25) is 0 Å². The zero-order chi connectivity index (χ0) is 22.4. The largest absolute Gasteiger partial charge is 0.507 e. The number of carboxylic acids is 3. The molecule has 7 heteroatoms. The molecule has 28 heavy (non-hydrogen) atoms. The number of aromatic hydroxyl groups is 1. The molecule has 0 bridgehead atoms. The first-order valence-electron chi connectivity index (χ1n) is 8.73. The van der Waals surface area contributed by atoms with Gasteiger partial charge in [0.05, 0.1) is 5.92 Å². The third kappa shape index (κ3) is 7.82. The van der Waals surface area contributed by atoms with Crippen LogP contribution < -0.4 is 0 Å². The Morgan fingerprint density at radius 2 is 1.14 bits per heavy atom. The van der Waals surface area contributed by atoms with Gasteiger partial charge in [0, 0.05) is 12.2 Å². The molecule has 4 N–H and O–H groups in total. The molecular weight excluding hydrogens is 364 g/mol. The maximum absolute atomic E-state index is 11.2.